The number of carbonyl (C=O) groups excluding carboxylic acids is 1. The Hall–Kier alpha value is -1.75. The molecule has 1 aliphatic rings. The third-order valence-corrected chi connectivity index (χ3v) is 2.97. The van der Waals surface area contributed by atoms with Crippen molar-refractivity contribution >= 4 is 11.7 Å². The van der Waals surface area contributed by atoms with Crippen LogP contribution in [-0.4, -0.2) is 30.9 Å². The zero-order valence-electron chi connectivity index (χ0n) is 10.3. The topological polar surface area (TPSA) is 70.6 Å². The van der Waals surface area contributed by atoms with E-state index >= 15 is 0 Å². The molecule has 5 nitrogen and oxygen atoms in total. The van der Waals surface area contributed by atoms with E-state index in [1.807, 2.05) is 0 Å². The molecule has 0 bridgehead atoms. The van der Waals surface area contributed by atoms with Crippen molar-refractivity contribution in [1.29, 1.82) is 0 Å². The van der Waals surface area contributed by atoms with Crippen LogP contribution in [0.15, 0.2) is 24.3 Å². The summed E-state index contributed by atoms with van der Waals surface area (Å²) in [6.07, 6.45) is 1.68. The second-order valence-electron chi connectivity index (χ2n) is 4.47. The van der Waals surface area contributed by atoms with Gasteiger partial charge in [-0.1, -0.05) is 6.07 Å². The molecule has 0 spiro atoms. The van der Waals surface area contributed by atoms with Gasteiger partial charge in [0.1, 0.15) is 5.75 Å². The summed E-state index contributed by atoms with van der Waals surface area (Å²) < 4.78 is 5.06. The summed E-state index contributed by atoms with van der Waals surface area (Å²) in [5, 5.41) is 15.0. The van der Waals surface area contributed by atoms with Crippen molar-refractivity contribution in [3.8, 4) is 5.75 Å². The molecular formula is C13H18N2O3. The highest BCUT2D eigenvalue weighted by Gasteiger charge is 2.29. The van der Waals surface area contributed by atoms with Crippen LogP contribution in [0.3, 0.4) is 0 Å². The molecule has 3 N–H and O–H groups in total. The van der Waals surface area contributed by atoms with E-state index in [4.69, 9.17) is 4.74 Å². The summed E-state index contributed by atoms with van der Waals surface area (Å²) in [6, 6.07) is 6.80. The molecule has 1 unspecified atom stereocenters. The van der Waals surface area contributed by atoms with Crippen LogP contribution in [-0.2, 0) is 0 Å². The fourth-order valence-corrected chi connectivity index (χ4v) is 1.72. The molecule has 0 saturated heterocycles. The number of urea groups is 1. The van der Waals surface area contributed by atoms with Gasteiger partial charge in [0.2, 0.25) is 0 Å². The van der Waals surface area contributed by atoms with Crippen LogP contribution >= 0.6 is 0 Å². The van der Waals surface area contributed by atoms with Crippen LogP contribution in [0.5, 0.6) is 5.75 Å². The third-order valence-electron chi connectivity index (χ3n) is 2.97. The zero-order valence-corrected chi connectivity index (χ0v) is 10.3. The molecule has 1 saturated carbocycles. The minimum Gasteiger partial charge on any atom is -0.497 e. The van der Waals surface area contributed by atoms with Gasteiger partial charge in [0.15, 0.2) is 0 Å². The molecular weight excluding hydrogens is 232 g/mol. The standard InChI is InChI=1S/C13H18N2O3/c1-18-11-4-2-3-10(7-11)15-13(17)14-8-12(16)9-5-6-9/h2-4,7,9,12,16H,5-6,8H2,1H3,(H2,14,15,17). The largest absolute Gasteiger partial charge is 0.497 e. The van der Waals surface area contributed by atoms with E-state index in [9.17, 15) is 9.90 Å². The number of carbonyl (C=O) groups is 1. The minimum absolute atomic E-state index is 0.292. The summed E-state index contributed by atoms with van der Waals surface area (Å²) in [5.41, 5.74) is 0.660. The number of nitrogens with one attached hydrogen (secondary N) is 2. The van der Waals surface area contributed by atoms with E-state index in [-0.39, 0.29) is 6.03 Å². The molecule has 2 amide bonds. The second-order valence-corrected chi connectivity index (χ2v) is 4.47. The number of aliphatic hydroxyl groups is 1. The number of amides is 2. The van der Waals surface area contributed by atoms with Crippen molar-refractivity contribution in [2.45, 2.75) is 18.9 Å². The number of hydrogen-bond acceptors (Lipinski definition) is 3. The first-order valence-corrected chi connectivity index (χ1v) is 6.06. The van der Waals surface area contributed by atoms with Gasteiger partial charge in [0.05, 0.1) is 13.2 Å². The minimum atomic E-state index is -0.430. The third kappa shape index (κ3) is 3.63. The molecule has 98 valence electrons. The Morgan fingerprint density at radius 1 is 1.56 bits per heavy atom. The van der Waals surface area contributed by atoms with Crippen molar-refractivity contribution in [2.75, 3.05) is 19.0 Å². The number of anilines is 1. The lowest BCUT2D eigenvalue weighted by Crippen LogP contribution is -2.36. The Morgan fingerprint density at radius 3 is 3.00 bits per heavy atom. The number of aliphatic hydroxyl groups excluding tert-OH is 1. The Bertz CT molecular complexity index is 418. The monoisotopic (exact) mass is 250 g/mol. The molecule has 5 heteroatoms. The van der Waals surface area contributed by atoms with Gasteiger partial charge in [0.25, 0.3) is 0 Å². The first-order chi connectivity index (χ1) is 8.69. The highest BCUT2D eigenvalue weighted by atomic mass is 16.5. The summed E-state index contributed by atoms with van der Waals surface area (Å²) in [6.45, 7) is 0.292. The van der Waals surface area contributed by atoms with Gasteiger partial charge < -0.3 is 20.5 Å². The normalized spacial score (nSPS) is 15.9. The Morgan fingerprint density at radius 2 is 2.33 bits per heavy atom. The van der Waals surface area contributed by atoms with E-state index in [1.54, 1.807) is 31.4 Å². The first-order valence-electron chi connectivity index (χ1n) is 6.06. The summed E-state index contributed by atoms with van der Waals surface area (Å²) in [5.74, 6) is 1.05. The molecule has 18 heavy (non-hydrogen) atoms. The van der Waals surface area contributed by atoms with Crippen LogP contribution in [0.2, 0.25) is 0 Å². The number of methoxy groups -OCH3 is 1. The van der Waals surface area contributed by atoms with Gasteiger partial charge in [-0.25, -0.2) is 4.79 Å². The number of hydrogen-bond donors (Lipinski definition) is 3. The molecule has 1 aromatic rings. The van der Waals surface area contributed by atoms with Gasteiger partial charge in [-0.15, -0.1) is 0 Å². The van der Waals surface area contributed by atoms with Crippen LogP contribution in [0.1, 0.15) is 12.8 Å². The highest BCUT2D eigenvalue weighted by molar-refractivity contribution is 5.89. The molecule has 1 aromatic carbocycles. The molecule has 1 fully saturated rings. The lowest BCUT2D eigenvalue weighted by atomic mass is 10.2. The molecule has 0 aliphatic heterocycles. The Kier molecular flexibility index (Phi) is 4.04. The lowest BCUT2D eigenvalue weighted by molar-refractivity contribution is 0.150. The average molecular weight is 250 g/mol. The zero-order chi connectivity index (χ0) is 13.0. The Balaban J connectivity index is 1.78. The van der Waals surface area contributed by atoms with Crippen molar-refractivity contribution in [3.63, 3.8) is 0 Å². The van der Waals surface area contributed by atoms with Crippen molar-refractivity contribution in [2.24, 2.45) is 5.92 Å². The molecule has 0 radical (unpaired) electrons. The molecule has 0 heterocycles. The maximum absolute atomic E-state index is 11.6. The molecule has 0 aromatic heterocycles. The lowest BCUT2D eigenvalue weighted by Gasteiger charge is -2.12. The fourth-order valence-electron chi connectivity index (χ4n) is 1.72. The van der Waals surface area contributed by atoms with E-state index in [0.717, 1.165) is 12.8 Å². The summed E-state index contributed by atoms with van der Waals surface area (Å²) in [4.78, 5) is 11.6. The fraction of sp³-hybridized carbons (Fsp3) is 0.462. The van der Waals surface area contributed by atoms with E-state index in [2.05, 4.69) is 10.6 Å². The summed E-state index contributed by atoms with van der Waals surface area (Å²) >= 11 is 0. The number of rotatable bonds is 5. The Labute approximate surface area is 106 Å². The van der Waals surface area contributed by atoms with Crippen LogP contribution in [0.25, 0.3) is 0 Å². The van der Waals surface area contributed by atoms with Crippen molar-refractivity contribution in [1.82, 2.24) is 5.32 Å². The van der Waals surface area contributed by atoms with Gasteiger partial charge >= 0.3 is 6.03 Å². The van der Waals surface area contributed by atoms with Crippen LogP contribution in [0, 0.1) is 5.92 Å². The SMILES string of the molecule is COc1cccc(NC(=O)NCC(O)C2CC2)c1. The van der Waals surface area contributed by atoms with Gasteiger partial charge in [-0.3, -0.25) is 0 Å². The smallest absolute Gasteiger partial charge is 0.319 e. The maximum Gasteiger partial charge on any atom is 0.319 e. The molecule has 1 aliphatic carbocycles. The van der Waals surface area contributed by atoms with E-state index < -0.39 is 6.10 Å². The van der Waals surface area contributed by atoms with Crippen LogP contribution in [0.4, 0.5) is 10.5 Å². The van der Waals surface area contributed by atoms with E-state index in [1.165, 1.54) is 0 Å². The van der Waals surface area contributed by atoms with Gasteiger partial charge in [-0.05, 0) is 30.9 Å². The quantitative estimate of drug-likeness (QED) is 0.743. The predicted molar refractivity (Wildman–Crippen MR) is 68.7 cm³/mol. The van der Waals surface area contributed by atoms with Crippen LogP contribution < -0.4 is 15.4 Å². The highest BCUT2D eigenvalue weighted by Crippen LogP contribution is 2.32. The number of benzene rings is 1. The predicted octanol–water partition coefficient (Wildman–Crippen LogP) is 1.59. The molecule has 2 rings (SSSR count). The molecule has 1 atom stereocenters. The van der Waals surface area contributed by atoms with Gasteiger partial charge in [-0.2, -0.15) is 0 Å². The average Bonchev–Trinajstić information content (AvgIpc) is 3.20. The number of ether oxygens (including phenoxy) is 1. The first kappa shape index (κ1) is 12.7. The summed E-state index contributed by atoms with van der Waals surface area (Å²) in [7, 11) is 1.57. The second kappa shape index (κ2) is 5.73. The maximum atomic E-state index is 11.6. The van der Waals surface area contributed by atoms with Crippen molar-refractivity contribution < 1.29 is 14.6 Å². The van der Waals surface area contributed by atoms with Gasteiger partial charge in [0, 0.05) is 18.3 Å². The van der Waals surface area contributed by atoms with E-state index in [0.29, 0.717) is 23.9 Å². The van der Waals surface area contributed by atoms with Crippen molar-refractivity contribution in [3.05, 3.63) is 24.3 Å².